The van der Waals surface area contributed by atoms with Gasteiger partial charge in [0.25, 0.3) is 0 Å². The molecule has 0 radical (unpaired) electrons. The number of nitrogens with zero attached hydrogens (tertiary/aromatic N) is 2. The minimum absolute atomic E-state index is 0.579. The molecule has 2 rings (SSSR count). The molecular formula is C16H16N2O2. The zero-order chi connectivity index (χ0) is 14.4. The van der Waals surface area contributed by atoms with Crippen LogP contribution in [0.25, 0.3) is 0 Å². The van der Waals surface area contributed by atoms with Gasteiger partial charge in [0, 0.05) is 6.21 Å². The second kappa shape index (κ2) is 6.52. The molecule has 0 saturated carbocycles. The number of hydrogen-bond donors (Lipinski definition) is 1. The molecule has 0 fully saturated rings. The predicted molar refractivity (Wildman–Crippen MR) is 80.7 cm³/mol. The van der Waals surface area contributed by atoms with E-state index in [1.54, 1.807) is 20.2 Å². The van der Waals surface area contributed by atoms with Gasteiger partial charge in [-0.2, -0.15) is 0 Å². The normalized spacial score (nSPS) is 11.8. The molecule has 4 nitrogen and oxygen atoms in total. The van der Waals surface area contributed by atoms with E-state index in [0.29, 0.717) is 5.71 Å². The minimum atomic E-state index is 0.579. The second-order valence-corrected chi connectivity index (χ2v) is 4.26. The molecule has 0 spiro atoms. The standard InChI is InChI=1S/C16H16N2O2/c1-12(18-19)14-5-7-15(8-6-14)17-11-13-3-9-16(20-2)10-4-13/h3-11,19H,1-2H3/b17-11?,18-12-. The number of oxime groups is 1. The van der Waals surface area contributed by atoms with Gasteiger partial charge in [0.1, 0.15) is 5.75 Å². The van der Waals surface area contributed by atoms with Gasteiger partial charge in [-0.25, -0.2) is 0 Å². The van der Waals surface area contributed by atoms with Gasteiger partial charge in [0.2, 0.25) is 0 Å². The van der Waals surface area contributed by atoms with Crippen molar-refractivity contribution in [3.63, 3.8) is 0 Å². The molecule has 2 aromatic carbocycles. The van der Waals surface area contributed by atoms with Gasteiger partial charge in [-0.3, -0.25) is 4.99 Å². The molecule has 20 heavy (non-hydrogen) atoms. The Hall–Kier alpha value is -2.62. The first-order chi connectivity index (χ1) is 9.72. The number of methoxy groups -OCH3 is 1. The Kier molecular flexibility index (Phi) is 4.50. The van der Waals surface area contributed by atoms with Crippen molar-refractivity contribution in [3.8, 4) is 5.75 Å². The number of ether oxygens (including phenoxy) is 1. The zero-order valence-electron chi connectivity index (χ0n) is 11.4. The lowest BCUT2D eigenvalue weighted by Gasteiger charge is -2.00. The molecule has 0 aliphatic carbocycles. The molecule has 0 aliphatic rings. The highest BCUT2D eigenvalue weighted by molar-refractivity contribution is 5.98. The van der Waals surface area contributed by atoms with Gasteiger partial charge < -0.3 is 9.94 Å². The Balaban J connectivity index is 2.10. The number of hydrogen-bond acceptors (Lipinski definition) is 4. The van der Waals surface area contributed by atoms with Crippen LogP contribution in [0.1, 0.15) is 18.1 Å². The Bertz CT molecular complexity index is 614. The van der Waals surface area contributed by atoms with Crippen molar-refractivity contribution < 1.29 is 9.94 Å². The first-order valence-electron chi connectivity index (χ1n) is 6.20. The van der Waals surface area contributed by atoms with Crippen molar-refractivity contribution >= 4 is 17.6 Å². The fraction of sp³-hybridized carbons (Fsp3) is 0.125. The van der Waals surface area contributed by atoms with E-state index in [4.69, 9.17) is 9.94 Å². The van der Waals surface area contributed by atoms with Crippen LogP contribution in [0.5, 0.6) is 5.75 Å². The van der Waals surface area contributed by atoms with Gasteiger partial charge in [0.05, 0.1) is 18.5 Å². The van der Waals surface area contributed by atoms with Crippen LogP contribution in [-0.4, -0.2) is 24.2 Å². The molecule has 1 N–H and O–H groups in total. The first-order valence-corrected chi connectivity index (χ1v) is 6.20. The van der Waals surface area contributed by atoms with Gasteiger partial charge >= 0.3 is 0 Å². The van der Waals surface area contributed by atoms with E-state index in [1.165, 1.54) is 0 Å². The Labute approximate surface area is 118 Å². The van der Waals surface area contributed by atoms with Gasteiger partial charge in [-0.15, -0.1) is 0 Å². The zero-order valence-corrected chi connectivity index (χ0v) is 11.4. The second-order valence-electron chi connectivity index (χ2n) is 4.26. The van der Waals surface area contributed by atoms with E-state index >= 15 is 0 Å². The van der Waals surface area contributed by atoms with Crippen LogP contribution in [0.4, 0.5) is 5.69 Å². The lowest BCUT2D eigenvalue weighted by atomic mass is 10.1. The summed E-state index contributed by atoms with van der Waals surface area (Å²) in [4.78, 5) is 4.39. The van der Waals surface area contributed by atoms with E-state index in [0.717, 1.165) is 22.6 Å². The summed E-state index contributed by atoms with van der Waals surface area (Å²) in [5, 5.41) is 11.9. The summed E-state index contributed by atoms with van der Waals surface area (Å²) in [7, 11) is 1.64. The minimum Gasteiger partial charge on any atom is -0.497 e. The quantitative estimate of drug-likeness (QED) is 0.523. The number of benzene rings is 2. The van der Waals surface area contributed by atoms with Crippen LogP contribution < -0.4 is 4.74 Å². The summed E-state index contributed by atoms with van der Waals surface area (Å²) in [6.07, 6.45) is 1.79. The third-order valence-electron chi connectivity index (χ3n) is 2.91. The summed E-state index contributed by atoms with van der Waals surface area (Å²) in [6, 6.07) is 15.2. The highest BCUT2D eigenvalue weighted by Crippen LogP contribution is 2.15. The smallest absolute Gasteiger partial charge is 0.118 e. The molecule has 0 atom stereocenters. The van der Waals surface area contributed by atoms with Crippen LogP contribution in [0.3, 0.4) is 0 Å². The summed E-state index contributed by atoms with van der Waals surface area (Å²) in [5.41, 5.74) is 3.30. The SMILES string of the molecule is COc1ccc(C=Nc2ccc(/C(C)=N\O)cc2)cc1. The largest absolute Gasteiger partial charge is 0.497 e. The molecule has 2 aromatic rings. The van der Waals surface area contributed by atoms with Crippen molar-refractivity contribution in [2.24, 2.45) is 10.1 Å². The van der Waals surface area contributed by atoms with Crippen LogP contribution >= 0.6 is 0 Å². The van der Waals surface area contributed by atoms with Gasteiger partial charge in [0.15, 0.2) is 0 Å². The maximum absolute atomic E-state index is 8.70. The van der Waals surface area contributed by atoms with Crippen molar-refractivity contribution in [1.29, 1.82) is 0 Å². The molecule has 4 heteroatoms. The summed E-state index contributed by atoms with van der Waals surface area (Å²) >= 11 is 0. The van der Waals surface area contributed by atoms with Crippen LogP contribution in [0.2, 0.25) is 0 Å². The van der Waals surface area contributed by atoms with E-state index in [-0.39, 0.29) is 0 Å². The fourth-order valence-electron chi connectivity index (χ4n) is 1.69. The lowest BCUT2D eigenvalue weighted by Crippen LogP contribution is -1.92. The Morgan fingerprint density at radius 1 is 1.05 bits per heavy atom. The van der Waals surface area contributed by atoms with E-state index in [1.807, 2.05) is 48.5 Å². The average molecular weight is 268 g/mol. The monoisotopic (exact) mass is 268 g/mol. The van der Waals surface area contributed by atoms with Crippen molar-refractivity contribution in [2.75, 3.05) is 7.11 Å². The van der Waals surface area contributed by atoms with E-state index < -0.39 is 0 Å². The third-order valence-corrected chi connectivity index (χ3v) is 2.91. The number of rotatable bonds is 4. The van der Waals surface area contributed by atoms with E-state index in [9.17, 15) is 0 Å². The molecule has 0 aliphatic heterocycles. The Morgan fingerprint density at radius 3 is 2.25 bits per heavy atom. The predicted octanol–water partition coefficient (Wildman–Crippen LogP) is 3.64. The Morgan fingerprint density at radius 2 is 1.70 bits per heavy atom. The molecule has 0 amide bonds. The van der Waals surface area contributed by atoms with Gasteiger partial charge in [-0.05, 0) is 54.4 Å². The highest BCUT2D eigenvalue weighted by Gasteiger charge is 1.97. The lowest BCUT2D eigenvalue weighted by molar-refractivity contribution is 0.319. The van der Waals surface area contributed by atoms with E-state index in [2.05, 4.69) is 10.1 Å². The molecule has 0 aromatic heterocycles. The molecule has 0 saturated heterocycles. The molecule has 102 valence electrons. The topological polar surface area (TPSA) is 54.2 Å². The molecular weight excluding hydrogens is 252 g/mol. The number of aliphatic imine (C=N–C) groups is 1. The summed E-state index contributed by atoms with van der Waals surface area (Å²) in [6.45, 7) is 1.75. The van der Waals surface area contributed by atoms with Gasteiger partial charge in [-0.1, -0.05) is 17.3 Å². The molecule has 0 bridgehead atoms. The maximum atomic E-state index is 8.70. The first kappa shape index (κ1) is 13.8. The van der Waals surface area contributed by atoms with Crippen molar-refractivity contribution in [1.82, 2.24) is 0 Å². The van der Waals surface area contributed by atoms with Crippen LogP contribution in [0, 0.1) is 0 Å². The third kappa shape index (κ3) is 3.45. The summed E-state index contributed by atoms with van der Waals surface area (Å²) < 4.78 is 5.10. The van der Waals surface area contributed by atoms with Crippen LogP contribution in [0.15, 0.2) is 58.7 Å². The fourth-order valence-corrected chi connectivity index (χ4v) is 1.69. The highest BCUT2D eigenvalue weighted by atomic mass is 16.5. The van der Waals surface area contributed by atoms with Crippen LogP contribution in [-0.2, 0) is 0 Å². The average Bonchev–Trinajstić information content (AvgIpc) is 2.53. The van der Waals surface area contributed by atoms with Crippen molar-refractivity contribution in [3.05, 3.63) is 59.7 Å². The maximum Gasteiger partial charge on any atom is 0.118 e. The molecule has 0 unspecified atom stereocenters. The van der Waals surface area contributed by atoms with Crippen molar-refractivity contribution in [2.45, 2.75) is 6.92 Å². The molecule has 0 heterocycles. The summed E-state index contributed by atoms with van der Waals surface area (Å²) in [5.74, 6) is 0.824.